The quantitative estimate of drug-likeness (QED) is 0.589. The van der Waals surface area contributed by atoms with Crippen LogP contribution in [0.25, 0.3) is 0 Å². The van der Waals surface area contributed by atoms with Crippen LogP contribution in [0.5, 0.6) is 0 Å². The summed E-state index contributed by atoms with van der Waals surface area (Å²) in [7, 11) is 1.74. The van der Waals surface area contributed by atoms with Crippen LogP contribution in [0.3, 0.4) is 0 Å². The van der Waals surface area contributed by atoms with Gasteiger partial charge in [0, 0.05) is 45.6 Å². The number of rotatable bonds is 6. The minimum absolute atomic E-state index is 0.0550. The second-order valence-corrected chi connectivity index (χ2v) is 6.28. The van der Waals surface area contributed by atoms with E-state index in [4.69, 9.17) is 6.42 Å². The number of alkyl halides is 3. The second kappa shape index (κ2) is 7.73. The number of carbonyl (C=O) groups is 1. The van der Waals surface area contributed by atoms with Crippen LogP contribution < -0.4 is 0 Å². The fourth-order valence-corrected chi connectivity index (χ4v) is 2.98. The topological polar surface area (TPSA) is 38.1 Å². The van der Waals surface area contributed by atoms with Crippen molar-refractivity contribution in [3.05, 3.63) is 17.7 Å². The van der Waals surface area contributed by atoms with Gasteiger partial charge in [-0.25, -0.2) is 4.98 Å². The summed E-state index contributed by atoms with van der Waals surface area (Å²) in [4.78, 5) is 17.4. The van der Waals surface area contributed by atoms with Crippen LogP contribution in [0.2, 0.25) is 0 Å². The molecule has 1 aliphatic heterocycles. The summed E-state index contributed by atoms with van der Waals surface area (Å²) in [5.41, 5.74) is -0.837. The number of halogens is 3. The van der Waals surface area contributed by atoms with Crippen molar-refractivity contribution in [2.24, 2.45) is 5.92 Å². The molecule has 0 aromatic carbocycles. The van der Waals surface area contributed by atoms with E-state index in [0.717, 1.165) is 25.5 Å². The molecule has 2 heterocycles. The van der Waals surface area contributed by atoms with Crippen molar-refractivity contribution in [2.45, 2.75) is 51.2 Å². The predicted octanol–water partition coefficient (Wildman–Crippen LogP) is 3.12. The van der Waals surface area contributed by atoms with Gasteiger partial charge in [-0.15, -0.1) is 12.3 Å². The lowest BCUT2D eigenvalue weighted by atomic mass is 9.99. The van der Waals surface area contributed by atoms with Crippen molar-refractivity contribution < 1.29 is 18.0 Å². The fraction of sp³-hybridized carbons (Fsp3) is 0.647. The number of aryl methyl sites for hydroxylation is 1. The van der Waals surface area contributed by atoms with E-state index in [2.05, 4.69) is 10.9 Å². The molecule has 0 saturated heterocycles. The molecule has 4 nitrogen and oxygen atoms in total. The largest absolute Gasteiger partial charge is 0.434 e. The van der Waals surface area contributed by atoms with Crippen molar-refractivity contribution in [1.82, 2.24) is 14.5 Å². The van der Waals surface area contributed by atoms with Crippen LogP contribution in [0, 0.1) is 18.3 Å². The Morgan fingerprint density at radius 3 is 2.92 bits per heavy atom. The highest BCUT2D eigenvalue weighted by atomic mass is 19.4. The van der Waals surface area contributed by atoms with Crippen LogP contribution in [-0.4, -0.2) is 34.0 Å². The molecule has 0 fully saturated rings. The van der Waals surface area contributed by atoms with E-state index < -0.39 is 11.9 Å². The molecule has 0 aliphatic carbocycles. The van der Waals surface area contributed by atoms with Crippen LogP contribution in [0.15, 0.2) is 6.20 Å². The molecule has 0 bridgehead atoms. The standard InChI is InChI=1S/C17H22F3N3O/c1-3-4-5-6-7-16(24)22(2)10-13-8-9-15-21-14(17(18,19)20)12-23(15)11-13/h1,12-13H,4-11H2,2H3. The Bertz CT molecular complexity index is 616. The first kappa shape index (κ1) is 18.4. The van der Waals surface area contributed by atoms with Gasteiger partial charge >= 0.3 is 6.18 Å². The molecule has 0 spiro atoms. The van der Waals surface area contributed by atoms with Crippen LogP contribution in [0.4, 0.5) is 13.2 Å². The van der Waals surface area contributed by atoms with E-state index in [9.17, 15) is 18.0 Å². The highest BCUT2D eigenvalue weighted by Gasteiger charge is 2.35. The number of fused-ring (bicyclic) bond motifs is 1. The summed E-state index contributed by atoms with van der Waals surface area (Å²) >= 11 is 0. The molecule has 24 heavy (non-hydrogen) atoms. The minimum Gasteiger partial charge on any atom is -0.345 e. The summed E-state index contributed by atoms with van der Waals surface area (Å²) in [6.45, 7) is 1.01. The highest BCUT2D eigenvalue weighted by Crippen LogP contribution is 2.30. The van der Waals surface area contributed by atoms with Gasteiger partial charge in [0.1, 0.15) is 5.82 Å². The average Bonchev–Trinajstić information content (AvgIpc) is 2.94. The maximum absolute atomic E-state index is 12.7. The van der Waals surface area contributed by atoms with Gasteiger partial charge in [0.15, 0.2) is 5.69 Å². The van der Waals surface area contributed by atoms with Crippen molar-refractivity contribution >= 4 is 5.91 Å². The van der Waals surface area contributed by atoms with Gasteiger partial charge in [-0.1, -0.05) is 0 Å². The van der Waals surface area contributed by atoms with Gasteiger partial charge in [0.05, 0.1) is 0 Å². The molecule has 1 amide bonds. The van der Waals surface area contributed by atoms with Crippen molar-refractivity contribution in [1.29, 1.82) is 0 Å². The lowest BCUT2D eigenvalue weighted by Gasteiger charge is -2.28. The average molecular weight is 341 g/mol. The molecule has 1 aromatic rings. The second-order valence-electron chi connectivity index (χ2n) is 6.28. The maximum atomic E-state index is 12.7. The predicted molar refractivity (Wildman–Crippen MR) is 84.0 cm³/mol. The van der Waals surface area contributed by atoms with Crippen molar-refractivity contribution in [3.8, 4) is 12.3 Å². The van der Waals surface area contributed by atoms with E-state index in [0.29, 0.717) is 38.2 Å². The minimum atomic E-state index is -4.41. The number of aromatic nitrogens is 2. The number of amides is 1. The van der Waals surface area contributed by atoms with Gasteiger partial charge in [-0.3, -0.25) is 4.79 Å². The summed E-state index contributed by atoms with van der Waals surface area (Å²) in [6, 6.07) is 0. The lowest BCUT2D eigenvalue weighted by Crippen LogP contribution is -2.35. The van der Waals surface area contributed by atoms with Gasteiger partial charge < -0.3 is 9.47 Å². The Hall–Kier alpha value is -1.97. The van der Waals surface area contributed by atoms with Gasteiger partial charge in [0.2, 0.25) is 5.91 Å². The van der Waals surface area contributed by atoms with Crippen LogP contribution in [0.1, 0.15) is 43.6 Å². The number of terminal acetylenes is 1. The SMILES string of the molecule is C#CCCCCC(=O)N(C)CC1CCc2nc(C(F)(F)F)cn2C1. The molecule has 2 rings (SSSR count). The van der Waals surface area contributed by atoms with E-state index in [1.807, 2.05) is 0 Å². The Kier molecular flexibility index (Phi) is 5.92. The summed E-state index contributed by atoms with van der Waals surface area (Å²) in [5, 5.41) is 0. The molecule has 1 aromatic heterocycles. The number of hydrogen-bond acceptors (Lipinski definition) is 2. The third kappa shape index (κ3) is 4.76. The first-order valence-electron chi connectivity index (χ1n) is 8.12. The third-order valence-corrected chi connectivity index (χ3v) is 4.30. The van der Waals surface area contributed by atoms with Crippen LogP contribution in [-0.2, 0) is 23.9 Å². The molecule has 1 aliphatic rings. The monoisotopic (exact) mass is 341 g/mol. The van der Waals surface area contributed by atoms with E-state index in [1.165, 1.54) is 0 Å². The number of hydrogen-bond donors (Lipinski definition) is 0. The zero-order chi connectivity index (χ0) is 17.7. The molecular weight excluding hydrogens is 319 g/mol. The smallest absolute Gasteiger partial charge is 0.345 e. The molecule has 1 unspecified atom stereocenters. The number of carbonyl (C=O) groups excluding carboxylic acids is 1. The van der Waals surface area contributed by atoms with Gasteiger partial charge in [-0.2, -0.15) is 13.2 Å². The van der Waals surface area contributed by atoms with Crippen molar-refractivity contribution in [2.75, 3.05) is 13.6 Å². The fourth-order valence-electron chi connectivity index (χ4n) is 2.98. The first-order chi connectivity index (χ1) is 11.3. The molecule has 0 radical (unpaired) electrons. The van der Waals surface area contributed by atoms with Crippen molar-refractivity contribution in [3.63, 3.8) is 0 Å². The van der Waals surface area contributed by atoms with E-state index in [-0.39, 0.29) is 11.8 Å². The summed E-state index contributed by atoms with van der Waals surface area (Å²) in [6.07, 6.45) is 5.80. The van der Waals surface area contributed by atoms with Gasteiger partial charge in [0.25, 0.3) is 0 Å². The Morgan fingerprint density at radius 2 is 2.25 bits per heavy atom. The zero-order valence-electron chi connectivity index (χ0n) is 13.8. The Morgan fingerprint density at radius 1 is 1.50 bits per heavy atom. The molecule has 1 atom stereocenters. The number of unbranched alkanes of at least 4 members (excludes halogenated alkanes) is 2. The van der Waals surface area contributed by atoms with E-state index >= 15 is 0 Å². The zero-order valence-corrected chi connectivity index (χ0v) is 13.8. The Balaban J connectivity index is 1.86. The molecule has 7 heteroatoms. The van der Waals surface area contributed by atoms with E-state index in [1.54, 1.807) is 16.5 Å². The summed E-state index contributed by atoms with van der Waals surface area (Å²) in [5.74, 6) is 3.22. The molecule has 0 saturated carbocycles. The molecule has 132 valence electrons. The third-order valence-electron chi connectivity index (χ3n) is 4.30. The highest BCUT2D eigenvalue weighted by molar-refractivity contribution is 5.75. The first-order valence-corrected chi connectivity index (χ1v) is 8.12. The maximum Gasteiger partial charge on any atom is 0.434 e. The summed E-state index contributed by atoms with van der Waals surface area (Å²) < 4.78 is 39.7. The normalized spacial score (nSPS) is 17.2. The number of imidazole rings is 1. The van der Waals surface area contributed by atoms with Gasteiger partial charge in [-0.05, 0) is 25.2 Å². The molecule has 0 N–H and O–H groups in total. The van der Waals surface area contributed by atoms with Crippen LogP contribution >= 0.6 is 0 Å². The molecular formula is C17H22F3N3O. The number of nitrogens with zero attached hydrogens (tertiary/aromatic N) is 3. The Labute approximate surface area is 140 Å². The lowest BCUT2D eigenvalue weighted by molar-refractivity contribution is -0.141.